The number of carbonyl (C=O) groups is 3. The SMILES string of the molecule is COc1cc(Nc2cc(CN3C(=O)N(c4ccc5c(c4)N(C(C)=O)CC5(C)C)C(=O)C3(C)C)ccn2)nc(OC)n1. The largest absolute Gasteiger partial charge is 0.481 e. The maximum atomic E-state index is 13.8. The highest BCUT2D eigenvalue weighted by Gasteiger charge is 2.52. The molecule has 1 fully saturated rings. The number of anilines is 4. The van der Waals surface area contributed by atoms with Gasteiger partial charge >= 0.3 is 12.0 Å². The Morgan fingerprint density at radius 2 is 1.76 bits per heavy atom. The van der Waals surface area contributed by atoms with Gasteiger partial charge in [0, 0.05) is 43.4 Å². The minimum absolute atomic E-state index is 0.0871. The smallest absolute Gasteiger partial charge is 0.332 e. The lowest BCUT2D eigenvalue weighted by molar-refractivity contribution is -0.123. The first-order valence-corrected chi connectivity index (χ1v) is 13.1. The van der Waals surface area contributed by atoms with Crippen molar-refractivity contribution in [2.24, 2.45) is 0 Å². The first kappa shape index (κ1) is 27.8. The van der Waals surface area contributed by atoms with Gasteiger partial charge in [0.05, 0.1) is 19.9 Å². The second-order valence-electron chi connectivity index (χ2n) is 11.2. The first-order valence-electron chi connectivity index (χ1n) is 13.1. The van der Waals surface area contributed by atoms with Crippen LogP contribution in [-0.2, 0) is 21.5 Å². The molecule has 0 saturated carbocycles. The van der Waals surface area contributed by atoms with E-state index in [2.05, 4.69) is 34.1 Å². The van der Waals surface area contributed by atoms with E-state index < -0.39 is 11.6 Å². The number of imide groups is 1. The molecule has 12 nitrogen and oxygen atoms in total. The number of nitrogens with zero attached hydrogens (tertiary/aromatic N) is 6. The molecule has 41 heavy (non-hydrogen) atoms. The fraction of sp³-hybridized carbons (Fsp3) is 0.379. The number of rotatable bonds is 7. The number of nitrogens with one attached hydrogen (secondary N) is 1. The zero-order valence-electron chi connectivity index (χ0n) is 24.2. The number of hydrogen-bond donors (Lipinski definition) is 1. The summed E-state index contributed by atoms with van der Waals surface area (Å²) >= 11 is 0. The van der Waals surface area contributed by atoms with Gasteiger partial charge in [-0.05, 0) is 49.2 Å². The van der Waals surface area contributed by atoms with Gasteiger partial charge in [0.25, 0.3) is 5.91 Å². The third-order valence-electron chi connectivity index (χ3n) is 7.51. The summed E-state index contributed by atoms with van der Waals surface area (Å²) < 4.78 is 10.3. The molecule has 0 atom stereocenters. The molecule has 214 valence electrons. The number of aromatic nitrogens is 3. The van der Waals surface area contributed by atoms with Crippen molar-refractivity contribution >= 4 is 40.9 Å². The summed E-state index contributed by atoms with van der Waals surface area (Å²) in [4.78, 5) is 56.9. The monoisotopic (exact) mass is 559 g/mol. The Morgan fingerprint density at radius 1 is 1.00 bits per heavy atom. The average Bonchev–Trinajstić information content (AvgIpc) is 3.30. The number of pyridine rings is 1. The molecule has 4 amide bonds. The number of methoxy groups -OCH3 is 2. The Labute approximate surface area is 238 Å². The van der Waals surface area contributed by atoms with E-state index >= 15 is 0 Å². The summed E-state index contributed by atoms with van der Waals surface area (Å²) in [5.74, 6) is 0.776. The van der Waals surface area contributed by atoms with Crippen molar-refractivity contribution < 1.29 is 23.9 Å². The van der Waals surface area contributed by atoms with Crippen LogP contribution in [0.15, 0.2) is 42.6 Å². The molecule has 0 unspecified atom stereocenters. The Kier molecular flexibility index (Phi) is 6.80. The number of urea groups is 1. The normalized spacial score (nSPS) is 17.1. The zero-order chi connectivity index (χ0) is 29.7. The number of hydrogen-bond acceptors (Lipinski definition) is 9. The second kappa shape index (κ2) is 10.0. The Morgan fingerprint density at radius 3 is 2.44 bits per heavy atom. The topological polar surface area (TPSA) is 130 Å². The van der Waals surface area contributed by atoms with Crippen LogP contribution in [0.3, 0.4) is 0 Å². The van der Waals surface area contributed by atoms with Crippen molar-refractivity contribution in [3.63, 3.8) is 0 Å². The van der Waals surface area contributed by atoms with E-state index in [1.54, 1.807) is 55.3 Å². The average molecular weight is 560 g/mol. The molecule has 2 aliphatic heterocycles. The summed E-state index contributed by atoms with van der Waals surface area (Å²) in [5.41, 5.74) is 1.56. The molecule has 1 aromatic carbocycles. The van der Waals surface area contributed by atoms with Crippen LogP contribution in [0.25, 0.3) is 0 Å². The molecule has 0 bridgehead atoms. The Hall–Kier alpha value is -4.74. The lowest BCUT2D eigenvalue weighted by Crippen LogP contribution is -2.43. The van der Waals surface area contributed by atoms with E-state index in [9.17, 15) is 14.4 Å². The van der Waals surface area contributed by atoms with Crippen LogP contribution in [0.4, 0.5) is 27.8 Å². The van der Waals surface area contributed by atoms with Gasteiger partial charge < -0.3 is 24.6 Å². The van der Waals surface area contributed by atoms with Crippen LogP contribution in [0, 0.1) is 0 Å². The quantitative estimate of drug-likeness (QED) is 0.427. The molecule has 2 aromatic heterocycles. The summed E-state index contributed by atoms with van der Waals surface area (Å²) in [6.07, 6.45) is 1.61. The fourth-order valence-electron chi connectivity index (χ4n) is 5.25. The fourth-order valence-corrected chi connectivity index (χ4v) is 5.25. The van der Waals surface area contributed by atoms with E-state index in [0.29, 0.717) is 29.7 Å². The number of fused-ring (bicyclic) bond motifs is 1. The van der Waals surface area contributed by atoms with Crippen molar-refractivity contribution in [3.05, 3.63) is 53.7 Å². The van der Waals surface area contributed by atoms with E-state index in [1.807, 2.05) is 6.07 Å². The van der Waals surface area contributed by atoms with Crippen LogP contribution < -0.4 is 24.6 Å². The lowest BCUT2D eigenvalue weighted by atomic mass is 9.87. The molecule has 2 aliphatic rings. The van der Waals surface area contributed by atoms with Crippen molar-refractivity contribution in [2.45, 2.75) is 52.1 Å². The van der Waals surface area contributed by atoms with Gasteiger partial charge in [-0.25, -0.2) is 14.7 Å². The summed E-state index contributed by atoms with van der Waals surface area (Å²) in [6.45, 7) is 9.82. The molecule has 5 rings (SSSR count). The van der Waals surface area contributed by atoms with E-state index in [4.69, 9.17) is 9.47 Å². The maximum absolute atomic E-state index is 13.8. The molecular weight excluding hydrogens is 526 g/mol. The standard InChI is InChI=1S/C29H33N7O5/c1-17(37)34-16-28(2,3)20-9-8-19(13-21(20)34)36-25(38)29(4,5)35(27(36)39)15-18-10-11-30-22(12-18)31-23-14-24(40-6)33-26(32-23)41-7/h8-14H,15-16H2,1-7H3,(H,30,31,32,33). The molecular formula is C29H33N7O5. The molecule has 0 radical (unpaired) electrons. The molecule has 3 aromatic rings. The minimum Gasteiger partial charge on any atom is -0.481 e. The molecule has 12 heteroatoms. The third-order valence-corrected chi connectivity index (χ3v) is 7.51. The van der Waals surface area contributed by atoms with Crippen molar-refractivity contribution in [3.8, 4) is 11.9 Å². The Bertz CT molecular complexity index is 1530. The van der Waals surface area contributed by atoms with Crippen LogP contribution >= 0.6 is 0 Å². The number of ether oxygens (including phenoxy) is 2. The molecule has 1 N–H and O–H groups in total. The lowest BCUT2D eigenvalue weighted by Gasteiger charge is -2.27. The summed E-state index contributed by atoms with van der Waals surface area (Å²) in [5, 5.41) is 3.10. The van der Waals surface area contributed by atoms with Gasteiger partial charge in [-0.3, -0.25) is 9.59 Å². The van der Waals surface area contributed by atoms with Gasteiger partial charge in [0.1, 0.15) is 17.2 Å². The molecule has 0 spiro atoms. The minimum atomic E-state index is -1.11. The summed E-state index contributed by atoms with van der Waals surface area (Å²) in [7, 11) is 2.95. The third kappa shape index (κ3) is 4.90. The zero-order valence-corrected chi connectivity index (χ0v) is 24.2. The molecule has 4 heterocycles. The van der Waals surface area contributed by atoms with Crippen molar-refractivity contribution in [1.82, 2.24) is 19.9 Å². The van der Waals surface area contributed by atoms with Gasteiger partial charge in [-0.2, -0.15) is 9.97 Å². The van der Waals surface area contributed by atoms with Crippen molar-refractivity contribution in [2.75, 3.05) is 35.9 Å². The van der Waals surface area contributed by atoms with Crippen LogP contribution in [0.1, 0.15) is 45.7 Å². The predicted octanol–water partition coefficient (Wildman–Crippen LogP) is 4.02. The van der Waals surface area contributed by atoms with Crippen LogP contribution in [0.5, 0.6) is 11.9 Å². The van der Waals surface area contributed by atoms with Crippen LogP contribution in [0.2, 0.25) is 0 Å². The number of carbonyl (C=O) groups excluding carboxylic acids is 3. The van der Waals surface area contributed by atoms with E-state index in [1.165, 1.54) is 30.9 Å². The Balaban J connectivity index is 1.41. The maximum Gasteiger partial charge on any atom is 0.332 e. The summed E-state index contributed by atoms with van der Waals surface area (Å²) in [6, 6.07) is 10.3. The van der Waals surface area contributed by atoms with Gasteiger partial charge in [0.15, 0.2) is 0 Å². The van der Waals surface area contributed by atoms with E-state index in [0.717, 1.165) is 16.8 Å². The number of benzene rings is 1. The first-order chi connectivity index (χ1) is 19.3. The molecule has 0 aliphatic carbocycles. The highest BCUT2D eigenvalue weighted by Crippen LogP contribution is 2.44. The number of amides is 4. The second-order valence-corrected chi connectivity index (χ2v) is 11.2. The molecule has 1 saturated heterocycles. The predicted molar refractivity (Wildman–Crippen MR) is 153 cm³/mol. The van der Waals surface area contributed by atoms with Gasteiger partial charge in [-0.15, -0.1) is 0 Å². The van der Waals surface area contributed by atoms with Gasteiger partial charge in [-0.1, -0.05) is 19.9 Å². The van der Waals surface area contributed by atoms with Crippen molar-refractivity contribution in [1.29, 1.82) is 0 Å². The highest BCUT2D eigenvalue weighted by atomic mass is 16.5. The van der Waals surface area contributed by atoms with Gasteiger partial charge in [0.2, 0.25) is 11.8 Å². The highest BCUT2D eigenvalue weighted by molar-refractivity contribution is 6.23. The van der Waals surface area contributed by atoms with Crippen LogP contribution in [-0.4, -0.2) is 64.0 Å². The van der Waals surface area contributed by atoms with E-state index in [-0.39, 0.29) is 29.8 Å².